The number of nitrogens with one attached hydrogen (secondary N) is 1. The van der Waals surface area contributed by atoms with E-state index in [0.717, 1.165) is 6.54 Å². The highest BCUT2D eigenvalue weighted by molar-refractivity contribution is 5.18. The van der Waals surface area contributed by atoms with Gasteiger partial charge in [0.1, 0.15) is 0 Å². The summed E-state index contributed by atoms with van der Waals surface area (Å²) in [5.74, 6) is 0. The largest absolute Gasteiger partial charge is 0.306 e. The molecule has 0 aliphatic heterocycles. The lowest BCUT2D eigenvalue weighted by Crippen LogP contribution is -2.17. The summed E-state index contributed by atoms with van der Waals surface area (Å²) in [5.41, 5.74) is 2.52. The predicted molar refractivity (Wildman–Crippen MR) is 64.9 cm³/mol. The van der Waals surface area contributed by atoms with E-state index < -0.39 is 0 Å². The van der Waals surface area contributed by atoms with Gasteiger partial charge in [0.25, 0.3) is 0 Å². The van der Waals surface area contributed by atoms with Gasteiger partial charge in [-0.15, -0.1) is 0 Å². The standard InChI is InChI=1S/C13H17N3/c1-11(13-6-4-3-5-7-13)14-8-12-9-15-16(2)10-12/h3-7,9-11,14H,8H2,1-2H3/t11-/m0/s1. The molecule has 0 bridgehead atoms. The molecule has 0 aliphatic carbocycles. The lowest BCUT2D eigenvalue weighted by atomic mass is 10.1. The van der Waals surface area contributed by atoms with Gasteiger partial charge in [-0.05, 0) is 12.5 Å². The lowest BCUT2D eigenvalue weighted by molar-refractivity contribution is 0.574. The molecular weight excluding hydrogens is 198 g/mol. The normalized spacial score (nSPS) is 12.6. The summed E-state index contributed by atoms with van der Waals surface area (Å²) in [6, 6.07) is 10.8. The van der Waals surface area contributed by atoms with E-state index in [2.05, 4.69) is 41.6 Å². The monoisotopic (exact) mass is 215 g/mol. The van der Waals surface area contributed by atoms with Crippen LogP contribution in [0.5, 0.6) is 0 Å². The third-order valence-corrected chi connectivity index (χ3v) is 2.67. The minimum absolute atomic E-state index is 0.362. The number of rotatable bonds is 4. The topological polar surface area (TPSA) is 29.9 Å². The second-order valence-corrected chi connectivity index (χ2v) is 4.04. The van der Waals surface area contributed by atoms with Crippen LogP contribution in [0.1, 0.15) is 24.1 Å². The van der Waals surface area contributed by atoms with Crippen molar-refractivity contribution in [2.75, 3.05) is 0 Å². The molecule has 0 fully saturated rings. The number of aryl methyl sites for hydroxylation is 1. The second kappa shape index (κ2) is 4.94. The van der Waals surface area contributed by atoms with Crippen molar-refractivity contribution >= 4 is 0 Å². The van der Waals surface area contributed by atoms with Gasteiger partial charge in [0, 0.05) is 31.4 Å². The summed E-state index contributed by atoms with van der Waals surface area (Å²) in [5, 5.41) is 7.62. The molecule has 3 nitrogen and oxygen atoms in total. The molecule has 2 aromatic rings. The molecule has 3 heteroatoms. The number of hydrogen-bond donors (Lipinski definition) is 1. The van der Waals surface area contributed by atoms with Crippen LogP contribution < -0.4 is 5.32 Å². The van der Waals surface area contributed by atoms with E-state index in [1.165, 1.54) is 11.1 Å². The van der Waals surface area contributed by atoms with Gasteiger partial charge in [0.05, 0.1) is 6.20 Å². The maximum absolute atomic E-state index is 4.14. The van der Waals surface area contributed by atoms with E-state index in [1.54, 1.807) is 0 Å². The average Bonchev–Trinajstić information content (AvgIpc) is 2.73. The number of benzene rings is 1. The number of nitrogens with zero attached hydrogens (tertiary/aromatic N) is 2. The summed E-state index contributed by atoms with van der Waals surface area (Å²) >= 11 is 0. The molecule has 1 heterocycles. The molecule has 1 aromatic carbocycles. The molecular formula is C13H17N3. The van der Waals surface area contributed by atoms with Gasteiger partial charge in [0.15, 0.2) is 0 Å². The van der Waals surface area contributed by atoms with Crippen LogP contribution >= 0.6 is 0 Å². The van der Waals surface area contributed by atoms with E-state index in [-0.39, 0.29) is 0 Å². The Hall–Kier alpha value is -1.61. The average molecular weight is 215 g/mol. The second-order valence-electron chi connectivity index (χ2n) is 4.04. The van der Waals surface area contributed by atoms with Crippen LogP contribution in [0.15, 0.2) is 42.7 Å². The maximum Gasteiger partial charge on any atom is 0.0534 e. The van der Waals surface area contributed by atoms with Crippen LogP contribution in [0.4, 0.5) is 0 Å². The maximum atomic E-state index is 4.14. The SMILES string of the molecule is C[C@H](NCc1cnn(C)c1)c1ccccc1. The first kappa shape index (κ1) is 10.9. The minimum atomic E-state index is 0.362. The molecule has 0 aliphatic rings. The first-order valence-electron chi connectivity index (χ1n) is 5.51. The Labute approximate surface area is 96.1 Å². The molecule has 2 rings (SSSR count). The first-order chi connectivity index (χ1) is 7.75. The van der Waals surface area contributed by atoms with Crippen LogP contribution in [-0.2, 0) is 13.6 Å². The van der Waals surface area contributed by atoms with Gasteiger partial charge in [-0.3, -0.25) is 4.68 Å². The summed E-state index contributed by atoms with van der Waals surface area (Å²) in [4.78, 5) is 0. The van der Waals surface area contributed by atoms with Gasteiger partial charge in [-0.25, -0.2) is 0 Å². The lowest BCUT2D eigenvalue weighted by Gasteiger charge is -2.13. The van der Waals surface area contributed by atoms with E-state index in [0.29, 0.717) is 6.04 Å². The highest BCUT2D eigenvalue weighted by atomic mass is 15.2. The molecule has 84 valence electrons. The Balaban J connectivity index is 1.91. The van der Waals surface area contributed by atoms with Gasteiger partial charge in [-0.1, -0.05) is 30.3 Å². The van der Waals surface area contributed by atoms with Crippen LogP contribution in [0.25, 0.3) is 0 Å². The molecule has 0 unspecified atom stereocenters. The highest BCUT2D eigenvalue weighted by Gasteiger charge is 2.04. The van der Waals surface area contributed by atoms with E-state index in [4.69, 9.17) is 0 Å². The summed E-state index contributed by atoms with van der Waals surface area (Å²) in [6.45, 7) is 3.02. The molecule has 0 radical (unpaired) electrons. The highest BCUT2D eigenvalue weighted by Crippen LogP contribution is 2.11. The molecule has 0 saturated carbocycles. The summed E-state index contributed by atoms with van der Waals surface area (Å²) < 4.78 is 1.82. The van der Waals surface area contributed by atoms with Crippen molar-refractivity contribution in [1.29, 1.82) is 0 Å². The van der Waals surface area contributed by atoms with Crippen LogP contribution in [0.3, 0.4) is 0 Å². The third kappa shape index (κ3) is 2.70. The van der Waals surface area contributed by atoms with Gasteiger partial charge in [-0.2, -0.15) is 5.10 Å². The first-order valence-corrected chi connectivity index (χ1v) is 5.51. The van der Waals surface area contributed by atoms with Crippen LogP contribution in [0, 0.1) is 0 Å². The van der Waals surface area contributed by atoms with Crippen molar-refractivity contribution in [1.82, 2.24) is 15.1 Å². The van der Waals surface area contributed by atoms with Gasteiger partial charge in [0.2, 0.25) is 0 Å². The molecule has 1 N–H and O–H groups in total. The molecule has 0 saturated heterocycles. The smallest absolute Gasteiger partial charge is 0.0534 e. The van der Waals surface area contributed by atoms with Crippen LogP contribution in [-0.4, -0.2) is 9.78 Å². The number of aromatic nitrogens is 2. The van der Waals surface area contributed by atoms with Gasteiger partial charge < -0.3 is 5.32 Å². The van der Waals surface area contributed by atoms with E-state index in [1.807, 2.05) is 30.2 Å². The zero-order valence-corrected chi connectivity index (χ0v) is 9.72. The fraction of sp³-hybridized carbons (Fsp3) is 0.308. The van der Waals surface area contributed by atoms with Gasteiger partial charge >= 0.3 is 0 Å². The Bertz CT molecular complexity index is 433. The van der Waals surface area contributed by atoms with E-state index in [9.17, 15) is 0 Å². The summed E-state index contributed by atoms with van der Waals surface area (Å²) in [7, 11) is 1.93. The van der Waals surface area contributed by atoms with E-state index >= 15 is 0 Å². The fourth-order valence-electron chi connectivity index (χ4n) is 1.69. The fourth-order valence-corrected chi connectivity index (χ4v) is 1.69. The molecule has 16 heavy (non-hydrogen) atoms. The molecule has 0 amide bonds. The zero-order chi connectivity index (χ0) is 11.4. The number of hydrogen-bond acceptors (Lipinski definition) is 2. The van der Waals surface area contributed by atoms with Crippen molar-refractivity contribution in [3.63, 3.8) is 0 Å². The summed E-state index contributed by atoms with van der Waals surface area (Å²) in [6.07, 6.45) is 3.93. The quantitative estimate of drug-likeness (QED) is 0.848. The van der Waals surface area contributed by atoms with Crippen molar-refractivity contribution in [3.05, 3.63) is 53.9 Å². The van der Waals surface area contributed by atoms with Crippen LogP contribution in [0.2, 0.25) is 0 Å². The Morgan fingerprint density at radius 3 is 2.69 bits per heavy atom. The van der Waals surface area contributed by atoms with Crippen molar-refractivity contribution in [2.45, 2.75) is 19.5 Å². The van der Waals surface area contributed by atoms with Crippen molar-refractivity contribution in [2.24, 2.45) is 7.05 Å². The third-order valence-electron chi connectivity index (χ3n) is 2.67. The minimum Gasteiger partial charge on any atom is -0.306 e. The predicted octanol–water partition coefficient (Wildman–Crippen LogP) is 2.27. The Kier molecular flexibility index (Phi) is 3.37. The Morgan fingerprint density at radius 2 is 2.06 bits per heavy atom. The van der Waals surface area contributed by atoms with Crippen molar-refractivity contribution in [3.8, 4) is 0 Å². The molecule has 0 spiro atoms. The van der Waals surface area contributed by atoms with Crippen molar-refractivity contribution < 1.29 is 0 Å². The molecule has 1 aromatic heterocycles. The zero-order valence-electron chi connectivity index (χ0n) is 9.72. The molecule has 1 atom stereocenters. The Morgan fingerprint density at radius 1 is 1.31 bits per heavy atom.